The third-order valence-corrected chi connectivity index (χ3v) is 2.53. The van der Waals surface area contributed by atoms with Crippen molar-refractivity contribution in [3.63, 3.8) is 0 Å². The Balaban J connectivity index is 2.40. The molecule has 96 valence electrons. The van der Waals surface area contributed by atoms with Gasteiger partial charge in [-0.1, -0.05) is 0 Å². The highest BCUT2D eigenvalue weighted by Gasteiger charge is 2.10. The molecule has 6 heteroatoms. The number of anilines is 3. The lowest BCUT2D eigenvalue weighted by atomic mass is 10.2. The molecule has 3 N–H and O–H groups in total. The van der Waals surface area contributed by atoms with E-state index in [9.17, 15) is 4.39 Å². The van der Waals surface area contributed by atoms with E-state index in [0.29, 0.717) is 22.8 Å². The van der Waals surface area contributed by atoms with Crippen LogP contribution in [0, 0.1) is 17.1 Å². The average molecular weight is 258 g/mol. The molecule has 0 aliphatic rings. The SMILES string of the molecule is COc1cc(F)ccc1Nc1nccc(C#N)c1N. The van der Waals surface area contributed by atoms with E-state index in [4.69, 9.17) is 15.7 Å². The maximum Gasteiger partial charge on any atom is 0.155 e. The van der Waals surface area contributed by atoms with Gasteiger partial charge in [-0.15, -0.1) is 0 Å². The summed E-state index contributed by atoms with van der Waals surface area (Å²) in [6.07, 6.45) is 1.47. The van der Waals surface area contributed by atoms with Crippen LogP contribution in [0.25, 0.3) is 0 Å². The minimum atomic E-state index is -0.408. The lowest BCUT2D eigenvalue weighted by Crippen LogP contribution is -2.02. The summed E-state index contributed by atoms with van der Waals surface area (Å²) in [5.74, 6) is 0.238. The van der Waals surface area contributed by atoms with E-state index in [1.165, 1.54) is 37.6 Å². The van der Waals surface area contributed by atoms with E-state index >= 15 is 0 Å². The molecular weight excluding hydrogens is 247 g/mol. The molecule has 1 heterocycles. The lowest BCUT2D eigenvalue weighted by Gasteiger charge is -2.12. The molecule has 1 aromatic carbocycles. The molecule has 0 fully saturated rings. The second-order valence-electron chi connectivity index (χ2n) is 3.70. The van der Waals surface area contributed by atoms with E-state index in [2.05, 4.69) is 10.3 Å². The first-order valence-corrected chi connectivity index (χ1v) is 5.41. The number of nitrogens with zero attached hydrogens (tertiary/aromatic N) is 2. The smallest absolute Gasteiger partial charge is 0.155 e. The fourth-order valence-electron chi connectivity index (χ4n) is 1.57. The number of rotatable bonds is 3. The summed E-state index contributed by atoms with van der Waals surface area (Å²) in [7, 11) is 1.43. The summed E-state index contributed by atoms with van der Waals surface area (Å²) in [4.78, 5) is 4.04. The van der Waals surface area contributed by atoms with Crippen LogP contribution in [0.15, 0.2) is 30.5 Å². The molecule has 1 aromatic heterocycles. The van der Waals surface area contributed by atoms with E-state index in [1.807, 2.05) is 6.07 Å². The topological polar surface area (TPSA) is 84.0 Å². The van der Waals surface area contributed by atoms with E-state index in [-0.39, 0.29) is 5.69 Å². The summed E-state index contributed by atoms with van der Waals surface area (Å²) < 4.78 is 18.1. The molecule has 0 spiro atoms. The largest absolute Gasteiger partial charge is 0.494 e. The van der Waals surface area contributed by atoms with Crippen molar-refractivity contribution in [2.24, 2.45) is 0 Å². The summed E-state index contributed by atoms with van der Waals surface area (Å²) in [5.41, 5.74) is 6.86. The molecular formula is C13H11FN4O. The number of methoxy groups -OCH3 is 1. The number of ether oxygens (including phenoxy) is 1. The van der Waals surface area contributed by atoms with Gasteiger partial charge in [0.1, 0.15) is 17.6 Å². The molecule has 19 heavy (non-hydrogen) atoms. The van der Waals surface area contributed by atoms with Crippen LogP contribution in [-0.2, 0) is 0 Å². The van der Waals surface area contributed by atoms with Crippen molar-refractivity contribution in [1.82, 2.24) is 4.98 Å². The number of halogens is 1. The molecule has 0 atom stereocenters. The van der Waals surface area contributed by atoms with E-state index in [0.717, 1.165) is 0 Å². The minimum Gasteiger partial charge on any atom is -0.494 e. The molecule has 0 aliphatic heterocycles. The highest BCUT2D eigenvalue weighted by molar-refractivity contribution is 5.75. The van der Waals surface area contributed by atoms with Crippen molar-refractivity contribution in [2.45, 2.75) is 0 Å². The lowest BCUT2D eigenvalue weighted by molar-refractivity contribution is 0.413. The van der Waals surface area contributed by atoms with Crippen LogP contribution < -0.4 is 15.8 Å². The molecule has 0 saturated heterocycles. The Hall–Kier alpha value is -2.81. The third-order valence-electron chi connectivity index (χ3n) is 2.53. The third kappa shape index (κ3) is 2.55. The number of benzene rings is 1. The molecule has 0 aliphatic carbocycles. The number of nitrogens with two attached hydrogens (primary N) is 1. The second kappa shape index (κ2) is 5.23. The summed E-state index contributed by atoms with van der Waals surface area (Å²) in [5, 5.41) is 11.8. The quantitative estimate of drug-likeness (QED) is 0.883. The van der Waals surface area contributed by atoms with Crippen molar-refractivity contribution in [1.29, 1.82) is 5.26 Å². The van der Waals surface area contributed by atoms with Crippen LogP contribution in [-0.4, -0.2) is 12.1 Å². The number of nitrogen functional groups attached to an aromatic ring is 1. The van der Waals surface area contributed by atoms with Crippen molar-refractivity contribution in [3.8, 4) is 11.8 Å². The summed E-state index contributed by atoms with van der Waals surface area (Å²) in [6.45, 7) is 0. The Labute approximate surface area is 109 Å². The van der Waals surface area contributed by atoms with Crippen molar-refractivity contribution in [2.75, 3.05) is 18.2 Å². The molecule has 0 unspecified atom stereocenters. The molecule has 0 saturated carbocycles. The molecule has 2 rings (SSSR count). The monoisotopic (exact) mass is 258 g/mol. The van der Waals surface area contributed by atoms with Gasteiger partial charge in [-0.3, -0.25) is 0 Å². The Morgan fingerprint density at radius 2 is 2.21 bits per heavy atom. The Bertz CT molecular complexity index is 652. The van der Waals surface area contributed by atoms with Gasteiger partial charge in [0.2, 0.25) is 0 Å². The van der Waals surface area contributed by atoms with Gasteiger partial charge in [0.25, 0.3) is 0 Å². The first-order chi connectivity index (χ1) is 9.15. The molecule has 0 radical (unpaired) electrons. The van der Waals surface area contributed by atoms with Crippen LogP contribution in [0.5, 0.6) is 5.75 Å². The fourth-order valence-corrected chi connectivity index (χ4v) is 1.57. The zero-order valence-corrected chi connectivity index (χ0v) is 10.1. The maximum absolute atomic E-state index is 13.1. The van der Waals surface area contributed by atoms with Crippen LogP contribution in [0.2, 0.25) is 0 Å². The highest BCUT2D eigenvalue weighted by Crippen LogP contribution is 2.30. The van der Waals surface area contributed by atoms with Crippen LogP contribution >= 0.6 is 0 Å². The number of pyridine rings is 1. The number of nitrogens with one attached hydrogen (secondary N) is 1. The second-order valence-corrected chi connectivity index (χ2v) is 3.70. The van der Waals surface area contributed by atoms with Crippen LogP contribution in [0.3, 0.4) is 0 Å². The van der Waals surface area contributed by atoms with E-state index < -0.39 is 5.82 Å². The summed E-state index contributed by atoms with van der Waals surface area (Å²) in [6, 6.07) is 7.52. The fraction of sp³-hybridized carbons (Fsp3) is 0.0769. The van der Waals surface area contributed by atoms with Crippen molar-refractivity contribution < 1.29 is 9.13 Å². The van der Waals surface area contributed by atoms with Gasteiger partial charge in [0, 0.05) is 12.3 Å². The first kappa shape index (κ1) is 12.6. The Kier molecular flexibility index (Phi) is 3.48. The van der Waals surface area contributed by atoms with Crippen molar-refractivity contribution >= 4 is 17.2 Å². The first-order valence-electron chi connectivity index (χ1n) is 5.41. The van der Waals surface area contributed by atoms with Gasteiger partial charge in [-0.2, -0.15) is 5.26 Å². The standard InChI is InChI=1S/C13H11FN4O/c1-19-11-6-9(14)2-3-10(11)18-13-12(16)8(7-15)4-5-17-13/h2-6H,16H2,1H3,(H,17,18). The van der Waals surface area contributed by atoms with Gasteiger partial charge >= 0.3 is 0 Å². The molecule has 2 aromatic rings. The number of hydrogen-bond acceptors (Lipinski definition) is 5. The zero-order chi connectivity index (χ0) is 13.8. The maximum atomic E-state index is 13.1. The number of hydrogen-bond donors (Lipinski definition) is 2. The van der Waals surface area contributed by atoms with Gasteiger partial charge in [0.15, 0.2) is 5.82 Å². The molecule has 0 amide bonds. The average Bonchev–Trinajstić information content (AvgIpc) is 2.42. The van der Waals surface area contributed by atoms with Gasteiger partial charge < -0.3 is 15.8 Å². The normalized spacial score (nSPS) is 9.74. The van der Waals surface area contributed by atoms with Crippen LogP contribution in [0.1, 0.15) is 5.56 Å². The Morgan fingerprint density at radius 3 is 2.89 bits per heavy atom. The zero-order valence-electron chi connectivity index (χ0n) is 10.1. The van der Waals surface area contributed by atoms with Gasteiger partial charge in [-0.05, 0) is 18.2 Å². The number of aromatic nitrogens is 1. The van der Waals surface area contributed by atoms with Gasteiger partial charge in [0.05, 0.1) is 24.0 Å². The predicted octanol–water partition coefficient (Wildman–Crippen LogP) is 2.43. The Morgan fingerprint density at radius 1 is 1.42 bits per heavy atom. The van der Waals surface area contributed by atoms with Crippen LogP contribution in [0.4, 0.5) is 21.6 Å². The number of nitriles is 1. The van der Waals surface area contributed by atoms with Gasteiger partial charge in [-0.25, -0.2) is 9.37 Å². The minimum absolute atomic E-state index is 0.233. The summed E-state index contributed by atoms with van der Waals surface area (Å²) >= 11 is 0. The van der Waals surface area contributed by atoms with Crippen molar-refractivity contribution in [3.05, 3.63) is 41.8 Å². The highest BCUT2D eigenvalue weighted by atomic mass is 19.1. The predicted molar refractivity (Wildman–Crippen MR) is 69.6 cm³/mol. The molecule has 0 bridgehead atoms. The van der Waals surface area contributed by atoms with E-state index in [1.54, 1.807) is 0 Å². The molecule has 5 nitrogen and oxygen atoms in total.